The Hall–Kier alpha value is -9.50. The SMILES string of the molecule is CCN1CCN(CC(=O)O)CCN(CC(=O)O)CCN(CC(=O)O)CC1.CNC(=O)CC[C@@H](NC(C)=O)C(=O)NCCCOCCOCCOCCCNC(=O)CCCOc1cc(C)c(S(=O)(=O)N[C@@H](CNC(=O)c2ccc3c(cnn3CCCNc3ncc[nH]3)c2)C(=O)O)c(C)c1.O=C(C(=O)C(F)(F)F)C(F)(F)F. The van der Waals surface area contributed by atoms with Crippen LogP contribution in [0.25, 0.3) is 10.9 Å². The van der Waals surface area contributed by atoms with Crippen LogP contribution < -0.4 is 41.4 Å². The summed E-state index contributed by atoms with van der Waals surface area (Å²) in [6.07, 6.45) is -3.69. The maximum absolute atomic E-state index is 13.5. The Morgan fingerprint density at radius 2 is 1.15 bits per heavy atom. The first-order chi connectivity index (χ1) is 51.9. The molecule has 36 nitrogen and oxygen atoms in total. The molecule has 2 aromatic carbocycles. The number of H-pyrrole nitrogens is 1. The topological polar surface area (TPSA) is 483 Å². The van der Waals surface area contributed by atoms with Crippen LogP contribution in [-0.2, 0) is 78.7 Å². The number of carboxylic acid groups (broad SMARTS) is 4. The number of amides is 5. The van der Waals surface area contributed by atoms with Gasteiger partial charge in [-0.2, -0.15) is 36.2 Å². The van der Waals surface area contributed by atoms with Crippen molar-refractivity contribution in [2.45, 2.75) is 109 Å². The van der Waals surface area contributed by atoms with Gasteiger partial charge in [0.2, 0.25) is 33.7 Å². The Morgan fingerprint density at radius 1 is 0.627 bits per heavy atom. The highest BCUT2D eigenvalue weighted by Gasteiger charge is 2.54. The normalized spacial score (nSPS) is 14.1. The number of hydrogen-bond donors (Lipinski definition) is 12. The second-order valence-corrected chi connectivity index (χ2v) is 26.3. The number of aliphatic carboxylic acids is 4. The number of hydrogen-bond acceptors (Lipinski definition) is 24. The third-order valence-corrected chi connectivity index (χ3v) is 17.7. The molecule has 616 valence electrons. The number of carbonyl (C=O) groups is 11. The summed E-state index contributed by atoms with van der Waals surface area (Å²) in [6, 6.07) is 5.56. The summed E-state index contributed by atoms with van der Waals surface area (Å²) in [5.41, 5.74) is 1.70. The third-order valence-electron chi connectivity index (χ3n) is 15.9. The second kappa shape index (κ2) is 49.6. The van der Waals surface area contributed by atoms with Crippen molar-refractivity contribution in [3.63, 3.8) is 0 Å². The molecular formula is C67H99F6N15O21S. The number of carboxylic acids is 4. The molecular weight excluding hydrogens is 1500 g/mol. The van der Waals surface area contributed by atoms with Crippen molar-refractivity contribution < 1.29 is 127 Å². The summed E-state index contributed by atoms with van der Waals surface area (Å²) in [5, 5.41) is 58.6. The molecule has 5 amide bonds. The van der Waals surface area contributed by atoms with Gasteiger partial charge in [0.05, 0.1) is 69.3 Å². The number of anilines is 1. The molecule has 5 rings (SSSR count). The molecule has 0 aliphatic carbocycles. The number of nitrogens with one attached hydrogen (secondary N) is 8. The number of likely N-dealkylation sites (N-methyl/N-ethyl adjacent to an activating group) is 1. The monoisotopic (exact) mass is 1600 g/mol. The van der Waals surface area contributed by atoms with Crippen molar-refractivity contribution in [2.75, 3.05) is 163 Å². The zero-order valence-electron chi connectivity index (χ0n) is 61.7. The lowest BCUT2D eigenvalue weighted by molar-refractivity contribution is -0.193. The van der Waals surface area contributed by atoms with E-state index in [1.165, 1.54) is 26.1 Å². The number of alkyl halides is 6. The van der Waals surface area contributed by atoms with Crippen LogP contribution >= 0.6 is 0 Å². The number of rotatable bonds is 44. The first kappa shape index (κ1) is 94.7. The van der Waals surface area contributed by atoms with Crippen LogP contribution in [0.5, 0.6) is 5.75 Å². The molecule has 1 aliphatic heterocycles. The largest absolute Gasteiger partial charge is 0.494 e. The number of ether oxygens (including phenoxy) is 4. The van der Waals surface area contributed by atoms with Crippen LogP contribution in [0.4, 0.5) is 32.3 Å². The molecule has 0 radical (unpaired) electrons. The first-order valence-electron chi connectivity index (χ1n) is 34.9. The van der Waals surface area contributed by atoms with Gasteiger partial charge in [0.1, 0.15) is 17.8 Å². The molecule has 2 aromatic heterocycles. The van der Waals surface area contributed by atoms with Crippen LogP contribution in [-0.4, -0.2) is 316 Å². The van der Waals surface area contributed by atoms with Gasteiger partial charge in [0.15, 0.2) is 5.95 Å². The van der Waals surface area contributed by atoms with Crippen molar-refractivity contribution >= 4 is 91.9 Å². The van der Waals surface area contributed by atoms with Crippen LogP contribution in [0.2, 0.25) is 0 Å². The molecule has 1 saturated heterocycles. The minimum atomic E-state index is -5.77. The number of sulfonamides is 1. The summed E-state index contributed by atoms with van der Waals surface area (Å²) in [5.74, 6) is -11.7. The van der Waals surface area contributed by atoms with E-state index < -0.39 is 82.4 Å². The van der Waals surface area contributed by atoms with Gasteiger partial charge in [-0.1, -0.05) is 6.92 Å². The molecule has 12 N–H and O–H groups in total. The molecule has 1 fully saturated rings. The van der Waals surface area contributed by atoms with E-state index in [0.29, 0.717) is 166 Å². The highest BCUT2D eigenvalue weighted by atomic mass is 32.2. The molecule has 3 heterocycles. The molecule has 0 spiro atoms. The summed E-state index contributed by atoms with van der Waals surface area (Å²) >= 11 is 0. The number of aryl methyl sites for hydroxylation is 3. The van der Waals surface area contributed by atoms with Gasteiger partial charge in [-0.3, -0.25) is 72.1 Å². The van der Waals surface area contributed by atoms with Crippen molar-refractivity contribution in [1.82, 2.24) is 70.7 Å². The number of Topliss-reactive ketones (excluding diaryl/α,β-unsaturated/α-hetero) is 2. The van der Waals surface area contributed by atoms with Gasteiger partial charge >= 0.3 is 47.8 Å². The Balaban J connectivity index is 0.000000671. The van der Waals surface area contributed by atoms with Crippen LogP contribution in [0, 0.1) is 13.8 Å². The standard InChI is InChI=1S/C47H69N11O13S.C16H30N4O6.C4F6O2/c1-32-27-37(71-22-5-9-42(61)49-15-7-20-68-23-25-70-26-24-69-21-8-16-50-45(63)38(56-34(3)59)11-13-41(60)48-4)28-33(2)43(32)72(66,67)57-39(46(64)65)31-54-44(62)35-10-12-40-36(29-35)30-55-58(40)19-6-14-51-47-52-17-18-53-47;1-2-17-3-5-18(11-14(21)22)7-9-20(13-16(25)26)10-8-19(6-4-17)12-15(23)24;5-3(6,7)1(11)2(12)4(8,9)10/h10,12,17-18,27-30,38-39,57H,5-9,11,13-16,19-26,31H2,1-4H3,(H,48,60)(H,49,61)(H,50,63)(H,54,62)(H,56,59)(H,64,65)(H2,51,52,53);2-13H2,1H3,(H,21,22)(H,23,24)(H,25,26);/t38-,39+;;/m1../s1. The number of benzene rings is 2. The van der Waals surface area contributed by atoms with E-state index in [0.717, 1.165) is 18.5 Å². The van der Waals surface area contributed by atoms with E-state index in [1.807, 2.05) is 21.4 Å². The summed E-state index contributed by atoms with van der Waals surface area (Å²) in [7, 11) is -2.86. The summed E-state index contributed by atoms with van der Waals surface area (Å²) < 4.78 is 120. The minimum Gasteiger partial charge on any atom is -0.494 e. The molecule has 0 saturated carbocycles. The molecule has 43 heteroatoms. The highest BCUT2D eigenvalue weighted by Crippen LogP contribution is 2.27. The third kappa shape index (κ3) is 38.2. The van der Waals surface area contributed by atoms with Crippen LogP contribution in [0.3, 0.4) is 0 Å². The van der Waals surface area contributed by atoms with E-state index >= 15 is 0 Å². The van der Waals surface area contributed by atoms with E-state index in [4.69, 9.17) is 34.3 Å². The molecule has 2 atom stereocenters. The molecule has 0 unspecified atom stereocenters. The Kier molecular flexibility index (Phi) is 42.7. The molecule has 110 heavy (non-hydrogen) atoms. The number of carbonyl (C=O) groups excluding carboxylic acids is 7. The fourth-order valence-electron chi connectivity index (χ4n) is 10.4. The zero-order valence-corrected chi connectivity index (χ0v) is 62.5. The highest BCUT2D eigenvalue weighted by molar-refractivity contribution is 7.89. The fraction of sp³-hybridized carbons (Fsp3) is 0.597. The van der Waals surface area contributed by atoms with Gasteiger partial charge in [-0.25, -0.2) is 13.4 Å². The summed E-state index contributed by atoms with van der Waals surface area (Å²) in [4.78, 5) is 140. The van der Waals surface area contributed by atoms with E-state index in [9.17, 15) is 92.6 Å². The molecule has 1 aliphatic rings. The van der Waals surface area contributed by atoms with Gasteiger partial charge in [0, 0.05) is 148 Å². The molecule has 0 bridgehead atoms. The van der Waals surface area contributed by atoms with Crippen molar-refractivity contribution in [3.8, 4) is 5.75 Å². The smallest absolute Gasteiger partial charge is 0.458 e. The van der Waals surface area contributed by atoms with E-state index in [-0.39, 0.29) is 79.6 Å². The predicted octanol–water partition coefficient (Wildman–Crippen LogP) is 1.02. The number of nitrogens with zero attached hydrogens (tertiary/aromatic N) is 7. The fourth-order valence-corrected chi connectivity index (χ4v) is 12.1. The average molecular weight is 1600 g/mol. The minimum absolute atomic E-state index is 0.0798. The predicted molar refractivity (Wildman–Crippen MR) is 381 cm³/mol. The van der Waals surface area contributed by atoms with E-state index in [1.54, 1.807) is 55.5 Å². The lowest BCUT2D eigenvalue weighted by Gasteiger charge is -2.32. The number of imidazole rings is 1. The maximum atomic E-state index is 13.5. The lowest BCUT2D eigenvalue weighted by Crippen LogP contribution is -2.48. The number of ketones is 2. The Labute approximate surface area is 630 Å². The lowest BCUT2D eigenvalue weighted by atomic mass is 10.1. The van der Waals surface area contributed by atoms with Crippen LogP contribution in [0.15, 0.2) is 53.8 Å². The van der Waals surface area contributed by atoms with Gasteiger partial charge in [0.25, 0.3) is 5.91 Å². The van der Waals surface area contributed by atoms with Gasteiger partial charge in [-0.05, 0) is 94.0 Å². The first-order valence-corrected chi connectivity index (χ1v) is 36.4. The van der Waals surface area contributed by atoms with Crippen molar-refractivity contribution in [1.29, 1.82) is 0 Å². The number of halogens is 6. The summed E-state index contributed by atoms with van der Waals surface area (Å²) in [6.45, 7) is 15.2. The number of aromatic nitrogens is 4. The quantitative estimate of drug-likeness (QED) is 0.0167. The average Bonchev–Trinajstić information content (AvgIpc) is 0.922. The van der Waals surface area contributed by atoms with Gasteiger partial charge in [-0.15, -0.1) is 0 Å². The Morgan fingerprint density at radius 3 is 1.62 bits per heavy atom. The number of fused-ring (bicyclic) bond motifs is 1. The maximum Gasteiger partial charge on any atom is 0.458 e. The second-order valence-electron chi connectivity index (χ2n) is 24.7. The van der Waals surface area contributed by atoms with Crippen LogP contribution in [0.1, 0.15) is 80.3 Å². The van der Waals surface area contributed by atoms with Crippen molar-refractivity contribution in [3.05, 3.63) is 65.6 Å². The van der Waals surface area contributed by atoms with Gasteiger partial charge < -0.3 is 81.2 Å². The van der Waals surface area contributed by atoms with E-state index in [2.05, 4.69) is 56.6 Å². The number of aromatic amines is 1. The van der Waals surface area contributed by atoms with Crippen molar-refractivity contribution in [2.24, 2.45) is 0 Å². The zero-order chi connectivity index (χ0) is 82.0. The molecule has 4 aromatic rings. The Bertz CT molecular complexity index is 3650.